The quantitative estimate of drug-likeness (QED) is 0.512. The molecule has 188 valence electrons. The van der Waals surface area contributed by atoms with Crippen molar-refractivity contribution in [3.63, 3.8) is 0 Å². The molecule has 1 amide bonds. The van der Waals surface area contributed by atoms with E-state index in [0.29, 0.717) is 23.6 Å². The molecule has 1 fully saturated rings. The van der Waals surface area contributed by atoms with Gasteiger partial charge in [-0.1, -0.05) is 13.8 Å². The van der Waals surface area contributed by atoms with E-state index in [-0.39, 0.29) is 22.9 Å². The lowest BCUT2D eigenvalue weighted by molar-refractivity contribution is -0.137. The zero-order valence-electron chi connectivity index (χ0n) is 20.7. The molecule has 0 saturated carbocycles. The minimum atomic E-state index is -4.57. The van der Waals surface area contributed by atoms with Crippen molar-refractivity contribution < 1.29 is 22.7 Å². The van der Waals surface area contributed by atoms with Gasteiger partial charge in [0.25, 0.3) is 5.91 Å². The smallest absolute Gasteiger partial charge is 0.416 e. The van der Waals surface area contributed by atoms with Crippen LogP contribution in [0.25, 0.3) is 0 Å². The van der Waals surface area contributed by atoms with Gasteiger partial charge in [-0.2, -0.15) is 18.2 Å². The highest BCUT2D eigenvalue weighted by molar-refractivity contribution is 7.04. The summed E-state index contributed by atoms with van der Waals surface area (Å²) < 4.78 is 48.7. The van der Waals surface area contributed by atoms with Crippen LogP contribution < -0.4 is 9.41 Å². The zero-order chi connectivity index (χ0) is 25.3. The largest absolute Gasteiger partial charge is 0.491 e. The fourth-order valence-corrected chi connectivity index (χ4v) is 4.92. The number of rotatable bonds is 6. The molecule has 2 heterocycles. The van der Waals surface area contributed by atoms with E-state index in [1.54, 1.807) is 0 Å². The second kappa shape index (κ2) is 10.2. The van der Waals surface area contributed by atoms with E-state index in [4.69, 9.17) is 4.74 Å². The fourth-order valence-electron chi connectivity index (χ4n) is 3.91. The number of carbonyl (C=O) groups excluding carboxylic acids is 1. The number of likely N-dealkylation sites (tertiary alicyclic amines) is 1. The second-order valence-corrected chi connectivity index (χ2v) is 11.3. The lowest BCUT2D eigenvalue weighted by Gasteiger charge is -2.20. The number of hydrogen-bond donors (Lipinski definition) is 0. The Morgan fingerprint density at radius 2 is 1.97 bits per heavy atom. The summed E-state index contributed by atoms with van der Waals surface area (Å²) in [4.78, 5) is 19.7. The maximum Gasteiger partial charge on any atom is 0.416 e. The van der Waals surface area contributed by atoms with Crippen molar-refractivity contribution >= 4 is 17.4 Å². The first kappa shape index (κ1) is 26.5. The molecule has 1 aromatic heterocycles. The molecule has 3 rings (SSSR count). The van der Waals surface area contributed by atoms with Crippen molar-refractivity contribution in [2.24, 2.45) is 10.9 Å². The van der Waals surface area contributed by atoms with Crippen molar-refractivity contribution in [1.29, 1.82) is 0 Å². The van der Waals surface area contributed by atoms with Gasteiger partial charge in [0.15, 0.2) is 0 Å². The SMILES string of the molecule is CC(C)Cc1cn(C(C)(C)C)s/c1=N\C(=O)c1cc(C(F)(F)F)ccc1OC[C@@H]1CCCN1C. The first-order valence-corrected chi connectivity index (χ1v) is 12.4. The van der Waals surface area contributed by atoms with Gasteiger partial charge in [0.05, 0.1) is 11.1 Å². The molecule has 0 radical (unpaired) electrons. The van der Waals surface area contributed by atoms with Crippen molar-refractivity contribution in [2.45, 2.75) is 71.6 Å². The molecule has 1 aliphatic heterocycles. The first-order valence-electron chi connectivity index (χ1n) is 11.6. The monoisotopic (exact) mass is 497 g/mol. The minimum Gasteiger partial charge on any atom is -0.491 e. The van der Waals surface area contributed by atoms with E-state index in [0.717, 1.165) is 37.1 Å². The van der Waals surface area contributed by atoms with Gasteiger partial charge >= 0.3 is 6.18 Å². The number of likely N-dealkylation sites (N-methyl/N-ethyl adjacent to an activating group) is 1. The topological polar surface area (TPSA) is 46.8 Å². The van der Waals surface area contributed by atoms with Crippen molar-refractivity contribution in [3.05, 3.63) is 45.8 Å². The van der Waals surface area contributed by atoms with Crippen LogP contribution in [-0.2, 0) is 18.1 Å². The number of nitrogens with zero attached hydrogens (tertiary/aromatic N) is 3. The van der Waals surface area contributed by atoms with Gasteiger partial charge in [-0.3, -0.25) is 8.75 Å². The number of alkyl halides is 3. The third-order valence-corrected chi connectivity index (χ3v) is 7.24. The molecule has 0 spiro atoms. The average Bonchev–Trinajstić information content (AvgIpc) is 3.31. The van der Waals surface area contributed by atoms with Crippen LogP contribution in [0, 0.1) is 5.92 Å². The molecule has 34 heavy (non-hydrogen) atoms. The molecule has 0 bridgehead atoms. The number of hydrogen-bond acceptors (Lipinski definition) is 4. The number of carbonyl (C=O) groups is 1. The van der Waals surface area contributed by atoms with E-state index < -0.39 is 17.6 Å². The summed E-state index contributed by atoms with van der Waals surface area (Å²) >= 11 is 1.34. The number of benzene rings is 1. The Morgan fingerprint density at radius 3 is 2.53 bits per heavy atom. The summed E-state index contributed by atoms with van der Waals surface area (Å²) in [5.74, 6) is -0.260. The van der Waals surface area contributed by atoms with Gasteiger partial charge in [0.2, 0.25) is 0 Å². The summed E-state index contributed by atoms with van der Waals surface area (Å²) in [5.41, 5.74) is -0.355. The van der Waals surface area contributed by atoms with E-state index in [1.165, 1.54) is 17.6 Å². The average molecular weight is 498 g/mol. The molecule has 9 heteroatoms. The Labute approximate surface area is 203 Å². The summed E-state index contributed by atoms with van der Waals surface area (Å²) in [6.07, 6.45) is 0.122. The van der Waals surface area contributed by atoms with E-state index >= 15 is 0 Å². The fraction of sp³-hybridized carbons (Fsp3) is 0.600. The van der Waals surface area contributed by atoms with E-state index in [9.17, 15) is 18.0 Å². The van der Waals surface area contributed by atoms with E-state index in [1.807, 2.05) is 38.0 Å². The van der Waals surface area contributed by atoms with Crippen LogP contribution in [0.15, 0.2) is 29.4 Å². The van der Waals surface area contributed by atoms with Crippen molar-refractivity contribution in [3.8, 4) is 5.75 Å². The molecule has 0 N–H and O–H groups in total. The molecule has 1 atom stereocenters. The Hall–Kier alpha value is -2.13. The highest BCUT2D eigenvalue weighted by atomic mass is 32.1. The highest BCUT2D eigenvalue weighted by Gasteiger charge is 2.32. The molecular formula is C25H34F3N3O2S. The maximum atomic E-state index is 13.4. The van der Waals surface area contributed by atoms with Gasteiger partial charge in [-0.25, -0.2) is 0 Å². The number of ether oxygens (including phenoxy) is 1. The molecule has 2 aromatic rings. The Kier molecular flexibility index (Phi) is 7.97. The van der Waals surface area contributed by atoms with Crippen LogP contribution in [0.2, 0.25) is 0 Å². The highest BCUT2D eigenvalue weighted by Crippen LogP contribution is 2.33. The predicted octanol–water partition coefficient (Wildman–Crippen LogP) is 5.74. The third kappa shape index (κ3) is 6.50. The molecule has 1 aromatic carbocycles. The van der Waals surface area contributed by atoms with Crippen LogP contribution in [0.4, 0.5) is 13.2 Å². The summed E-state index contributed by atoms with van der Waals surface area (Å²) in [6.45, 7) is 11.6. The summed E-state index contributed by atoms with van der Waals surface area (Å²) in [7, 11) is 1.99. The second-order valence-electron chi connectivity index (χ2n) is 10.4. The summed E-state index contributed by atoms with van der Waals surface area (Å²) in [5, 5.41) is 0. The van der Waals surface area contributed by atoms with E-state index in [2.05, 4.69) is 23.7 Å². The van der Waals surface area contributed by atoms with Gasteiger partial charge in [0, 0.05) is 23.3 Å². The van der Waals surface area contributed by atoms with Crippen LogP contribution >= 0.6 is 11.5 Å². The minimum absolute atomic E-state index is 0.132. The van der Waals surface area contributed by atoms with Crippen molar-refractivity contribution in [2.75, 3.05) is 20.2 Å². The number of amides is 1. The van der Waals surface area contributed by atoms with Gasteiger partial charge in [-0.15, -0.1) is 0 Å². The van der Waals surface area contributed by atoms with Gasteiger partial charge in [0.1, 0.15) is 17.0 Å². The lowest BCUT2D eigenvalue weighted by atomic mass is 10.1. The van der Waals surface area contributed by atoms with Gasteiger partial charge in [-0.05, 0) is 89.3 Å². The normalized spacial score (nSPS) is 18.2. The molecule has 1 saturated heterocycles. The summed E-state index contributed by atoms with van der Waals surface area (Å²) in [6, 6.07) is 3.21. The van der Waals surface area contributed by atoms with Crippen molar-refractivity contribution in [1.82, 2.24) is 8.86 Å². The predicted molar refractivity (Wildman–Crippen MR) is 128 cm³/mol. The third-order valence-electron chi connectivity index (χ3n) is 5.87. The van der Waals surface area contributed by atoms with Gasteiger partial charge < -0.3 is 9.64 Å². The first-order chi connectivity index (χ1) is 15.8. The van der Waals surface area contributed by atoms with Crippen LogP contribution in [0.1, 0.15) is 68.9 Å². The number of halogens is 3. The molecular weight excluding hydrogens is 463 g/mol. The molecule has 5 nitrogen and oxygen atoms in total. The Bertz CT molecular complexity index is 1080. The Balaban J connectivity index is 2.02. The molecule has 0 aliphatic carbocycles. The van der Waals surface area contributed by atoms with Crippen LogP contribution in [-0.4, -0.2) is 41.0 Å². The maximum absolute atomic E-state index is 13.4. The number of aromatic nitrogens is 1. The zero-order valence-corrected chi connectivity index (χ0v) is 21.5. The standard InChI is InChI=1S/C25H34F3N3O2S/c1-16(2)12-17-14-31(24(3,4)5)34-23(17)29-22(32)20-13-18(25(26,27)28)9-10-21(20)33-15-19-8-7-11-30(19)6/h9-10,13-14,16,19H,7-8,11-12,15H2,1-6H3/b29-23-/t19-/m0/s1. The molecule has 0 unspecified atom stereocenters. The van der Waals surface area contributed by atoms with Crippen LogP contribution in [0.5, 0.6) is 5.75 Å². The van der Waals surface area contributed by atoms with Crippen LogP contribution in [0.3, 0.4) is 0 Å². The lowest BCUT2D eigenvalue weighted by Crippen LogP contribution is -2.30. The molecule has 1 aliphatic rings. The Morgan fingerprint density at radius 1 is 1.26 bits per heavy atom.